The predicted octanol–water partition coefficient (Wildman–Crippen LogP) is 3.67. The molecule has 1 aliphatic rings. The van der Waals surface area contributed by atoms with Crippen LogP contribution in [-0.2, 0) is 12.3 Å². The third-order valence-electron chi connectivity index (χ3n) is 3.70. The van der Waals surface area contributed by atoms with E-state index in [4.69, 9.17) is 0 Å². The van der Waals surface area contributed by atoms with Crippen molar-refractivity contribution >= 4 is 17.4 Å². The van der Waals surface area contributed by atoms with Crippen LogP contribution in [0.2, 0.25) is 0 Å². The molecule has 1 aliphatic heterocycles. The van der Waals surface area contributed by atoms with Gasteiger partial charge in [-0.2, -0.15) is 11.8 Å². The zero-order chi connectivity index (χ0) is 14.7. The number of nitrogens with zero attached hydrogens (tertiary/aromatic N) is 1. The highest BCUT2D eigenvalue weighted by atomic mass is 32.2. The van der Waals surface area contributed by atoms with Gasteiger partial charge in [0, 0.05) is 35.7 Å². The molecule has 1 heterocycles. The highest BCUT2D eigenvalue weighted by molar-refractivity contribution is 7.98. The summed E-state index contributed by atoms with van der Waals surface area (Å²) in [6.45, 7) is 0.511. The normalized spacial score (nSPS) is 17.2. The molecule has 0 bridgehead atoms. The first-order chi connectivity index (χ1) is 10.3. The fraction of sp³-hybridized carbons (Fsp3) is 0.250. The maximum atomic E-state index is 11.0. The zero-order valence-corrected chi connectivity index (χ0v) is 12.3. The quantitative estimate of drug-likeness (QED) is 0.691. The van der Waals surface area contributed by atoms with Crippen molar-refractivity contribution in [3.05, 3.63) is 75.3 Å². The number of benzene rings is 2. The van der Waals surface area contributed by atoms with Gasteiger partial charge in [-0.15, -0.1) is 0 Å². The van der Waals surface area contributed by atoms with Crippen LogP contribution < -0.4 is 5.32 Å². The van der Waals surface area contributed by atoms with Crippen LogP contribution in [0, 0.1) is 10.1 Å². The van der Waals surface area contributed by atoms with Crippen LogP contribution in [0.4, 0.5) is 5.69 Å². The molecule has 0 saturated carbocycles. The minimum atomic E-state index is -0.319. The van der Waals surface area contributed by atoms with Crippen LogP contribution in [0.25, 0.3) is 0 Å². The van der Waals surface area contributed by atoms with Gasteiger partial charge in [0.25, 0.3) is 5.69 Å². The molecule has 0 amide bonds. The number of para-hydroxylation sites is 1. The van der Waals surface area contributed by atoms with E-state index in [0.29, 0.717) is 6.54 Å². The van der Waals surface area contributed by atoms with E-state index in [1.54, 1.807) is 12.1 Å². The zero-order valence-electron chi connectivity index (χ0n) is 11.5. The summed E-state index contributed by atoms with van der Waals surface area (Å²) in [6, 6.07) is 15.6. The summed E-state index contributed by atoms with van der Waals surface area (Å²) in [5.74, 6) is 2.04. The Hall–Kier alpha value is -1.85. The van der Waals surface area contributed by atoms with Crippen LogP contribution in [0.3, 0.4) is 0 Å². The lowest BCUT2D eigenvalue weighted by Crippen LogP contribution is -2.26. The molecule has 0 fully saturated rings. The molecule has 0 aliphatic carbocycles. The summed E-state index contributed by atoms with van der Waals surface area (Å²) in [7, 11) is 0. The number of nitro benzene ring substituents is 1. The smallest absolute Gasteiger partial charge is 0.273 e. The molecule has 2 aromatic carbocycles. The van der Waals surface area contributed by atoms with Gasteiger partial charge in [-0.1, -0.05) is 42.5 Å². The summed E-state index contributed by atoms with van der Waals surface area (Å²) in [5, 5.41) is 14.5. The van der Waals surface area contributed by atoms with Gasteiger partial charge in [0.15, 0.2) is 0 Å². The van der Waals surface area contributed by atoms with Gasteiger partial charge >= 0.3 is 0 Å². The van der Waals surface area contributed by atoms with E-state index < -0.39 is 0 Å². The molecule has 0 saturated heterocycles. The first-order valence-electron chi connectivity index (χ1n) is 6.87. The maximum Gasteiger partial charge on any atom is 0.273 e. The molecule has 4 nitrogen and oxygen atoms in total. The van der Waals surface area contributed by atoms with Gasteiger partial charge in [-0.05, 0) is 11.1 Å². The number of thioether (sulfide) groups is 1. The Morgan fingerprint density at radius 2 is 1.95 bits per heavy atom. The monoisotopic (exact) mass is 300 g/mol. The largest absolute Gasteiger partial charge is 0.305 e. The molecule has 108 valence electrons. The van der Waals surface area contributed by atoms with E-state index in [1.165, 1.54) is 11.1 Å². The molecule has 2 aromatic rings. The Balaban J connectivity index is 1.76. The number of fused-ring (bicyclic) bond motifs is 1. The lowest BCUT2D eigenvalue weighted by atomic mass is 10.0. The van der Waals surface area contributed by atoms with Gasteiger partial charge in [-0.3, -0.25) is 10.1 Å². The lowest BCUT2D eigenvalue weighted by Gasteiger charge is -2.26. The van der Waals surface area contributed by atoms with Crippen molar-refractivity contribution < 1.29 is 4.92 Å². The highest BCUT2D eigenvalue weighted by Gasteiger charge is 2.20. The van der Waals surface area contributed by atoms with Gasteiger partial charge in [-0.25, -0.2) is 0 Å². The Kier molecular flexibility index (Phi) is 4.22. The summed E-state index contributed by atoms with van der Waals surface area (Å²) < 4.78 is 0. The number of nitrogens with one attached hydrogen (secondary N) is 1. The third-order valence-corrected chi connectivity index (χ3v) is 4.78. The average Bonchev–Trinajstić information content (AvgIpc) is 2.53. The van der Waals surface area contributed by atoms with Crippen molar-refractivity contribution in [2.75, 3.05) is 5.75 Å². The topological polar surface area (TPSA) is 55.2 Å². The second-order valence-corrected chi connectivity index (χ2v) is 6.06. The fourth-order valence-electron chi connectivity index (χ4n) is 2.62. The van der Waals surface area contributed by atoms with Crippen molar-refractivity contribution in [2.24, 2.45) is 0 Å². The van der Waals surface area contributed by atoms with E-state index >= 15 is 0 Å². The molecule has 21 heavy (non-hydrogen) atoms. The molecular weight excluding hydrogens is 284 g/mol. The summed E-state index contributed by atoms with van der Waals surface area (Å²) in [4.78, 5) is 10.7. The summed E-state index contributed by atoms with van der Waals surface area (Å²) in [6.07, 6.45) is 0. The Morgan fingerprint density at radius 3 is 2.81 bits per heavy atom. The van der Waals surface area contributed by atoms with Crippen LogP contribution in [-0.4, -0.2) is 10.7 Å². The Morgan fingerprint density at radius 1 is 1.19 bits per heavy atom. The SMILES string of the molecule is O=[N+]([O-])c1ccccc1CNC1CSCc2ccccc21. The van der Waals surface area contributed by atoms with Crippen molar-refractivity contribution in [1.82, 2.24) is 5.32 Å². The molecule has 0 spiro atoms. The number of nitro groups is 1. The third kappa shape index (κ3) is 3.09. The molecular formula is C16H16N2O2S. The van der Waals surface area contributed by atoms with Crippen molar-refractivity contribution in [2.45, 2.75) is 18.3 Å². The molecule has 1 unspecified atom stereocenters. The van der Waals surface area contributed by atoms with Gasteiger partial charge in [0.05, 0.1) is 4.92 Å². The summed E-state index contributed by atoms with van der Waals surface area (Å²) in [5.41, 5.74) is 3.58. The standard InChI is InChI=1S/C16H16N2O2S/c19-18(20)16-8-4-2-5-12(16)9-17-15-11-21-10-13-6-1-3-7-14(13)15/h1-8,15,17H,9-11H2. The fourth-order valence-corrected chi connectivity index (χ4v) is 3.76. The van der Waals surface area contributed by atoms with Crippen molar-refractivity contribution in [3.63, 3.8) is 0 Å². The maximum absolute atomic E-state index is 11.0. The molecule has 0 aromatic heterocycles. The lowest BCUT2D eigenvalue weighted by molar-refractivity contribution is -0.385. The number of rotatable bonds is 4. The highest BCUT2D eigenvalue weighted by Crippen LogP contribution is 2.32. The summed E-state index contributed by atoms with van der Waals surface area (Å²) >= 11 is 1.89. The predicted molar refractivity (Wildman–Crippen MR) is 85.3 cm³/mol. The first-order valence-corrected chi connectivity index (χ1v) is 8.02. The van der Waals surface area contributed by atoms with Crippen LogP contribution in [0.15, 0.2) is 48.5 Å². The van der Waals surface area contributed by atoms with Gasteiger partial charge < -0.3 is 5.32 Å². The first kappa shape index (κ1) is 14.1. The minimum absolute atomic E-state index is 0.182. The van der Waals surface area contributed by atoms with Crippen LogP contribution in [0.1, 0.15) is 22.7 Å². The Bertz CT molecular complexity index is 660. The number of hydrogen-bond donors (Lipinski definition) is 1. The van der Waals surface area contributed by atoms with Crippen LogP contribution >= 0.6 is 11.8 Å². The van der Waals surface area contributed by atoms with Crippen LogP contribution in [0.5, 0.6) is 0 Å². The molecule has 0 radical (unpaired) electrons. The second kappa shape index (κ2) is 6.28. The molecule has 1 atom stereocenters. The second-order valence-electron chi connectivity index (χ2n) is 5.03. The molecule has 1 N–H and O–H groups in total. The van der Waals surface area contributed by atoms with Gasteiger partial charge in [0.2, 0.25) is 0 Å². The van der Waals surface area contributed by atoms with Gasteiger partial charge in [0.1, 0.15) is 0 Å². The van der Waals surface area contributed by atoms with E-state index in [1.807, 2.05) is 23.9 Å². The minimum Gasteiger partial charge on any atom is -0.305 e. The van der Waals surface area contributed by atoms with Crippen molar-refractivity contribution in [1.29, 1.82) is 0 Å². The molecule has 5 heteroatoms. The van der Waals surface area contributed by atoms with E-state index in [0.717, 1.165) is 17.1 Å². The van der Waals surface area contributed by atoms with E-state index in [2.05, 4.69) is 29.6 Å². The number of hydrogen-bond acceptors (Lipinski definition) is 4. The average molecular weight is 300 g/mol. The van der Waals surface area contributed by atoms with Crippen molar-refractivity contribution in [3.8, 4) is 0 Å². The van der Waals surface area contributed by atoms with E-state index in [9.17, 15) is 10.1 Å². The molecule has 3 rings (SSSR count). The van der Waals surface area contributed by atoms with E-state index in [-0.39, 0.29) is 16.7 Å². The Labute approximate surface area is 127 Å².